The van der Waals surface area contributed by atoms with Crippen LogP contribution in [0.3, 0.4) is 0 Å². The largest absolute Gasteiger partial charge is 0.330 e. The molecule has 0 aliphatic carbocycles. The average molecular weight is 274 g/mol. The van der Waals surface area contributed by atoms with Gasteiger partial charge in [-0.1, -0.05) is 0 Å². The van der Waals surface area contributed by atoms with Crippen molar-refractivity contribution in [1.29, 1.82) is 0 Å². The third kappa shape index (κ3) is 3.61. The number of nitrogens with one attached hydrogen (secondary N) is 1. The predicted octanol–water partition coefficient (Wildman–Crippen LogP) is 1.04. The van der Waals surface area contributed by atoms with Crippen LogP contribution >= 0.6 is 0 Å². The summed E-state index contributed by atoms with van der Waals surface area (Å²) in [5, 5.41) is 13.9. The third-order valence-electron chi connectivity index (χ3n) is 2.93. The van der Waals surface area contributed by atoms with Gasteiger partial charge in [0.15, 0.2) is 0 Å². The van der Waals surface area contributed by atoms with Crippen LogP contribution in [0.4, 0.5) is 5.69 Å². The number of unbranched alkanes of at least 4 members (excludes halogenated alkanes) is 1. The normalized spacial score (nSPS) is 10.5. The van der Waals surface area contributed by atoms with Crippen LogP contribution in [-0.4, -0.2) is 32.7 Å². The zero-order valence-corrected chi connectivity index (χ0v) is 11.4. The van der Waals surface area contributed by atoms with Gasteiger partial charge in [0, 0.05) is 12.1 Å². The number of amides is 1. The molecule has 0 unspecified atom stereocenters. The van der Waals surface area contributed by atoms with Crippen LogP contribution in [-0.2, 0) is 4.79 Å². The third-order valence-corrected chi connectivity index (χ3v) is 2.93. The van der Waals surface area contributed by atoms with Gasteiger partial charge in [-0.2, -0.15) is 0 Å². The molecule has 1 heterocycles. The Morgan fingerprint density at radius 2 is 2.25 bits per heavy atom. The van der Waals surface area contributed by atoms with E-state index in [0.29, 0.717) is 13.0 Å². The molecule has 0 atom stereocenters. The summed E-state index contributed by atoms with van der Waals surface area (Å²) >= 11 is 0. The van der Waals surface area contributed by atoms with Crippen molar-refractivity contribution in [1.82, 2.24) is 20.2 Å². The lowest BCUT2D eigenvalue weighted by Gasteiger charge is -2.09. The number of hydrogen-bond acceptors (Lipinski definition) is 5. The van der Waals surface area contributed by atoms with E-state index in [1.54, 1.807) is 4.68 Å². The lowest BCUT2D eigenvalue weighted by molar-refractivity contribution is -0.116. The zero-order valence-electron chi connectivity index (χ0n) is 11.4. The maximum Gasteiger partial charge on any atom is 0.224 e. The Bertz CT molecular complexity index is 566. The van der Waals surface area contributed by atoms with Crippen molar-refractivity contribution in [3.05, 3.63) is 30.1 Å². The van der Waals surface area contributed by atoms with Gasteiger partial charge in [0.1, 0.15) is 6.33 Å². The van der Waals surface area contributed by atoms with E-state index in [4.69, 9.17) is 5.73 Å². The Labute approximate surface area is 117 Å². The van der Waals surface area contributed by atoms with E-state index in [0.717, 1.165) is 29.8 Å². The van der Waals surface area contributed by atoms with Crippen LogP contribution in [0.2, 0.25) is 0 Å². The second-order valence-electron chi connectivity index (χ2n) is 4.55. The molecule has 20 heavy (non-hydrogen) atoms. The number of anilines is 1. The number of aromatic nitrogens is 4. The molecule has 3 N–H and O–H groups in total. The first-order valence-electron chi connectivity index (χ1n) is 6.54. The van der Waals surface area contributed by atoms with Crippen molar-refractivity contribution in [2.24, 2.45) is 5.73 Å². The van der Waals surface area contributed by atoms with Crippen molar-refractivity contribution in [2.75, 3.05) is 11.9 Å². The Hall–Kier alpha value is -2.28. The molecule has 0 saturated carbocycles. The lowest BCUT2D eigenvalue weighted by atomic mass is 10.1. The summed E-state index contributed by atoms with van der Waals surface area (Å²) in [4.78, 5) is 11.7. The van der Waals surface area contributed by atoms with Crippen LogP contribution in [0.5, 0.6) is 0 Å². The molecular formula is C13H18N6O. The highest BCUT2D eigenvalue weighted by Gasteiger charge is 2.06. The van der Waals surface area contributed by atoms with E-state index in [-0.39, 0.29) is 5.91 Å². The fraction of sp³-hybridized carbons (Fsp3) is 0.385. The number of carbonyl (C=O) groups excluding carboxylic acids is 1. The van der Waals surface area contributed by atoms with Gasteiger partial charge in [-0.25, -0.2) is 4.68 Å². The van der Waals surface area contributed by atoms with Crippen LogP contribution in [0.1, 0.15) is 24.8 Å². The Morgan fingerprint density at radius 1 is 1.40 bits per heavy atom. The Morgan fingerprint density at radius 3 is 2.90 bits per heavy atom. The fourth-order valence-electron chi connectivity index (χ4n) is 1.92. The van der Waals surface area contributed by atoms with Gasteiger partial charge in [-0.15, -0.1) is 5.10 Å². The number of hydrogen-bond donors (Lipinski definition) is 2. The summed E-state index contributed by atoms with van der Waals surface area (Å²) in [5.74, 6) is 0.00743. The monoisotopic (exact) mass is 274 g/mol. The van der Waals surface area contributed by atoms with Crippen molar-refractivity contribution in [3.63, 3.8) is 0 Å². The maximum atomic E-state index is 11.7. The van der Waals surface area contributed by atoms with E-state index in [2.05, 4.69) is 20.8 Å². The van der Waals surface area contributed by atoms with Crippen molar-refractivity contribution in [2.45, 2.75) is 26.2 Å². The molecule has 0 aliphatic rings. The molecule has 1 aromatic heterocycles. The molecule has 106 valence electrons. The van der Waals surface area contributed by atoms with E-state index >= 15 is 0 Å². The molecule has 0 spiro atoms. The first-order valence-corrected chi connectivity index (χ1v) is 6.54. The van der Waals surface area contributed by atoms with Gasteiger partial charge in [0.25, 0.3) is 0 Å². The van der Waals surface area contributed by atoms with Crippen molar-refractivity contribution >= 4 is 11.6 Å². The Kier molecular flexibility index (Phi) is 4.78. The number of tetrazole rings is 1. The van der Waals surface area contributed by atoms with E-state index in [1.807, 2.05) is 25.1 Å². The summed E-state index contributed by atoms with van der Waals surface area (Å²) in [6.07, 6.45) is 3.70. The van der Waals surface area contributed by atoms with Crippen LogP contribution in [0, 0.1) is 6.92 Å². The molecule has 7 nitrogen and oxygen atoms in total. The summed E-state index contributed by atoms with van der Waals surface area (Å²) in [7, 11) is 0. The summed E-state index contributed by atoms with van der Waals surface area (Å²) < 4.78 is 1.59. The van der Waals surface area contributed by atoms with E-state index < -0.39 is 0 Å². The van der Waals surface area contributed by atoms with Gasteiger partial charge >= 0.3 is 0 Å². The number of carbonyl (C=O) groups is 1. The second kappa shape index (κ2) is 6.76. The van der Waals surface area contributed by atoms with Gasteiger partial charge in [0.2, 0.25) is 5.91 Å². The standard InChI is InChI=1S/C13H18N6O/c1-10-8-11(16-13(20)4-2-3-7-14)5-6-12(10)19-9-15-17-18-19/h5-6,8-9H,2-4,7,14H2,1H3,(H,16,20). The molecular weight excluding hydrogens is 256 g/mol. The van der Waals surface area contributed by atoms with Crippen LogP contribution in [0.25, 0.3) is 5.69 Å². The van der Waals surface area contributed by atoms with E-state index in [9.17, 15) is 4.79 Å². The van der Waals surface area contributed by atoms with E-state index in [1.165, 1.54) is 6.33 Å². The molecule has 2 rings (SSSR count). The number of benzene rings is 1. The minimum Gasteiger partial charge on any atom is -0.330 e. The van der Waals surface area contributed by atoms with Crippen molar-refractivity contribution in [3.8, 4) is 5.69 Å². The molecule has 0 aliphatic heterocycles. The minimum absolute atomic E-state index is 0.00743. The maximum absolute atomic E-state index is 11.7. The molecule has 7 heteroatoms. The first-order chi connectivity index (χ1) is 9.70. The van der Waals surface area contributed by atoms with Crippen LogP contribution < -0.4 is 11.1 Å². The SMILES string of the molecule is Cc1cc(NC(=O)CCCCN)ccc1-n1cnnn1. The highest BCUT2D eigenvalue weighted by atomic mass is 16.1. The summed E-state index contributed by atoms with van der Waals surface area (Å²) in [6.45, 7) is 2.56. The van der Waals surface area contributed by atoms with Gasteiger partial charge in [-0.3, -0.25) is 4.79 Å². The molecule has 0 bridgehead atoms. The molecule has 1 amide bonds. The van der Waals surface area contributed by atoms with Crippen molar-refractivity contribution < 1.29 is 4.79 Å². The zero-order chi connectivity index (χ0) is 14.4. The predicted molar refractivity (Wildman–Crippen MR) is 75.4 cm³/mol. The molecule has 0 fully saturated rings. The summed E-state index contributed by atoms with van der Waals surface area (Å²) in [5.41, 5.74) is 8.04. The number of nitrogens with zero attached hydrogens (tertiary/aromatic N) is 4. The minimum atomic E-state index is 0.00743. The topological polar surface area (TPSA) is 98.7 Å². The second-order valence-corrected chi connectivity index (χ2v) is 4.55. The molecule has 1 aromatic carbocycles. The number of rotatable bonds is 6. The molecule has 0 saturated heterocycles. The number of aryl methyl sites for hydroxylation is 1. The first kappa shape index (κ1) is 14.1. The smallest absolute Gasteiger partial charge is 0.224 e. The fourth-order valence-corrected chi connectivity index (χ4v) is 1.92. The van der Waals surface area contributed by atoms with Crippen LogP contribution in [0.15, 0.2) is 24.5 Å². The van der Waals surface area contributed by atoms with Gasteiger partial charge in [-0.05, 0) is 60.5 Å². The highest BCUT2D eigenvalue weighted by molar-refractivity contribution is 5.90. The van der Waals surface area contributed by atoms with Gasteiger partial charge in [0.05, 0.1) is 5.69 Å². The molecule has 0 radical (unpaired) electrons. The Balaban J connectivity index is 2.00. The number of nitrogens with two attached hydrogens (primary N) is 1. The lowest BCUT2D eigenvalue weighted by Crippen LogP contribution is -2.12. The highest BCUT2D eigenvalue weighted by Crippen LogP contribution is 2.18. The quantitative estimate of drug-likeness (QED) is 0.767. The average Bonchev–Trinajstić information content (AvgIpc) is 2.93. The van der Waals surface area contributed by atoms with Gasteiger partial charge < -0.3 is 11.1 Å². The molecule has 2 aromatic rings. The summed E-state index contributed by atoms with van der Waals surface area (Å²) in [6, 6.07) is 5.61.